The van der Waals surface area contributed by atoms with E-state index < -0.39 is 0 Å². The van der Waals surface area contributed by atoms with Crippen LogP contribution >= 0.6 is 0 Å². The van der Waals surface area contributed by atoms with Gasteiger partial charge in [-0.15, -0.1) is 0 Å². The van der Waals surface area contributed by atoms with E-state index in [1.165, 1.54) is 19.3 Å². The fourth-order valence-electron chi connectivity index (χ4n) is 1.56. The van der Waals surface area contributed by atoms with Crippen molar-refractivity contribution in [3.63, 3.8) is 0 Å². The third-order valence-corrected chi connectivity index (χ3v) is 2.23. The Morgan fingerprint density at radius 3 is 2.90 bits per heavy atom. The topological polar surface area (TPSA) is 27.0 Å². The van der Waals surface area contributed by atoms with Crippen LogP contribution in [-0.2, 0) is 0 Å². The lowest BCUT2D eigenvalue weighted by Crippen LogP contribution is -2.34. The standard InChI is InChI=1S/C8H14N2/c1-2-8-5-3-4-6-10(8)7-9/h8H,2-6H2,1H3/t8-/m1/s1. The summed E-state index contributed by atoms with van der Waals surface area (Å²) in [5.74, 6) is 0. The monoisotopic (exact) mass is 138 g/mol. The van der Waals surface area contributed by atoms with E-state index in [0.29, 0.717) is 6.04 Å². The normalized spacial score (nSPS) is 26.0. The zero-order valence-electron chi connectivity index (χ0n) is 6.51. The summed E-state index contributed by atoms with van der Waals surface area (Å²) < 4.78 is 0. The first kappa shape index (κ1) is 7.40. The van der Waals surface area contributed by atoms with Crippen LogP contribution in [0, 0.1) is 11.5 Å². The number of hydrogen-bond acceptors (Lipinski definition) is 2. The minimum atomic E-state index is 0.541. The molecule has 1 fully saturated rings. The van der Waals surface area contributed by atoms with Crippen molar-refractivity contribution in [2.45, 2.75) is 38.6 Å². The van der Waals surface area contributed by atoms with E-state index in [0.717, 1.165) is 13.0 Å². The maximum atomic E-state index is 8.67. The van der Waals surface area contributed by atoms with Crippen molar-refractivity contribution in [3.05, 3.63) is 0 Å². The van der Waals surface area contributed by atoms with E-state index in [2.05, 4.69) is 13.1 Å². The molecule has 1 rings (SSSR count). The molecule has 0 aromatic heterocycles. The summed E-state index contributed by atoms with van der Waals surface area (Å²) in [6, 6.07) is 0.541. The van der Waals surface area contributed by atoms with E-state index in [1.807, 2.05) is 4.90 Å². The summed E-state index contributed by atoms with van der Waals surface area (Å²) in [6.07, 6.45) is 7.07. The summed E-state index contributed by atoms with van der Waals surface area (Å²) in [5.41, 5.74) is 0. The quantitative estimate of drug-likeness (QED) is 0.516. The third-order valence-electron chi connectivity index (χ3n) is 2.23. The van der Waals surface area contributed by atoms with Gasteiger partial charge in [-0.1, -0.05) is 6.92 Å². The minimum Gasteiger partial charge on any atom is -0.308 e. The molecule has 0 amide bonds. The summed E-state index contributed by atoms with van der Waals surface area (Å²) in [6.45, 7) is 3.13. The molecule has 10 heavy (non-hydrogen) atoms. The predicted octanol–water partition coefficient (Wildman–Crippen LogP) is 1.73. The molecule has 1 aliphatic rings. The number of likely N-dealkylation sites (tertiary alicyclic amines) is 1. The van der Waals surface area contributed by atoms with Crippen LogP contribution in [0.5, 0.6) is 0 Å². The van der Waals surface area contributed by atoms with Gasteiger partial charge in [0.25, 0.3) is 0 Å². The Morgan fingerprint density at radius 2 is 2.40 bits per heavy atom. The second kappa shape index (κ2) is 3.46. The first-order chi connectivity index (χ1) is 4.88. The predicted molar refractivity (Wildman–Crippen MR) is 40.2 cm³/mol. The average molecular weight is 138 g/mol. The van der Waals surface area contributed by atoms with Crippen LogP contribution in [0.25, 0.3) is 0 Å². The molecule has 0 N–H and O–H groups in total. The molecular weight excluding hydrogens is 124 g/mol. The summed E-state index contributed by atoms with van der Waals surface area (Å²) >= 11 is 0. The van der Waals surface area contributed by atoms with Gasteiger partial charge in [-0.2, -0.15) is 5.26 Å². The Kier molecular flexibility index (Phi) is 2.56. The second-order valence-corrected chi connectivity index (χ2v) is 2.85. The van der Waals surface area contributed by atoms with Crippen molar-refractivity contribution in [1.29, 1.82) is 5.26 Å². The second-order valence-electron chi connectivity index (χ2n) is 2.85. The van der Waals surface area contributed by atoms with E-state index in [9.17, 15) is 0 Å². The molecular formula is C8H14N2. The maximum absolute atomic E-state index is 8.67. The lowest BCUT2D eigenvalue weighted by Gasteiger charge is -2.30. The zero-order valence-corrected chi connectivity index (χ0v) is 6.51. The van der Waals surface area contributed by atoms with Crippen molar-refractivity contribution in [2.24, 2.45) is 0 Å². The van der Waals surface area contributed by atoms with Crippen molar-refractivity contribution in [2.75, 3.05) is 6.54 Å². The van der Waals surface area contributed by atoms with E-state index in [1.54, 1.807) is 0 Å². The van der Waals surface area contributed by atoms with Crippen LogP contribution in [0.3, 0.4) is 0 Å². The lowest BCUT2D eigenvalue weighted by atomic mass is 10.0. The molecule has 1 aliphatic heterocycles. The van der Waals surface area contributed by atoms with Gasteiger partial charge in [-0.25, -0.2) is 0 Å². The molecule has 0 bridgehead atoms. The summed E-state index contributed by atoms with van der Waals surface area (Å²) in [4.78, 5) is 1.92. The molecule has 2 heteroatoms. The number of rotatable bonds is 1. The van der Waals surface area contributed by atoms with Gasteiger partial charge in [0.1, 0.15) is 0 Å². The van der Waals surface area contributed by atoms with Crippen LogP contribution in [0.15, 0.2) is 0 Å². The lowest BCUT2D eigenvalue weighted by molar-refractivity contribution is 0.218. The van der Waals surface area contributed by atoms with E-state index >= 15 is 0 Å². The first-order valence-corrected chi connectivity index (χ1v) is 4.05. The molecule has 0 unspecified atom stereocenters. The largest absolute Gasteiger partial charge is 0.308 e. The molecule has 2 nitrogen and oxygen atoms in total. The maximum Gasteiger partial charge on any atom is 0.179 e. The van der Waals surface area contributed by atoms with Gasteiger partial charge in [0.05, 0.1) is 0 Å². The first-order valence-electron chi connectivity index (χ1n) is 4.05. The average Bonchev–Trinajstić information content (AvgIpc) is 2.04. The summed E-state index contributed by atoms with van der Waals surface area (Å²) in [7, 11) is 0. The minimum absolute atomic E-state index is 0.541. The Labute approximate surface area is 62.4 Å². The fraction of sp³-hybridized carbons (Fsp3) is 0.875. The fourth-order valence-corrected chi connectivity index (χ4v) is 1.56. The van der Waals surface area contributed by atoms with Gasteiger partial charge >= 0.3 is 0 Å². The molecule has 0 spiro atoms. The smallest absolute Gasteiger partial charge is 0.179 e. The van der Waals surface area contributed by atoms with Crippen molar-refractivity contribution >= 4 is 0 Å². The van der Waals surface area contributed by atoms with Crippen LogP contribution in [-0.4, -0.2) is 17.5 Å². The Hall–Kier alpha value is -0.710. The molecule has 0 radical (unpaired) electrons. The van der Waals surface area contributed by atoms with Crippen LogP contribution in [0.1, 0.15) is 32.6 Å². The Bertz CT molecular complexity index is 137. The third kappa shape index (κ3) is 1.41. The van der Waals surface area contributed by atoms with E-state index in [4.69, 9.17) is 5.26 Å². The number of nitrogens with zero attached hydrogens (tertiary/aromatic N) is 2. The van der Waals surface area contributed by atoms with Gasteiger partial charge in [-0.05, 0) is 25.7 Å². The van der Waals surface area contributed by atoms with Crippen molar-refractivity contribution in [3.8, 4) is 6.19 Å². The molecule has 1 atom stereocenters. The molecule has 1 heterocycles. The number of piperidine rings is 1. The Morgan fingerprint density at radius 1 is 1.60 bits per heavy atom. The van der Waals surface area contributed by atoms with Gasteiger partial charge in [0, 0.05) is 12.6 Å². The molecule has 56 valence electrons. The van der Waals surface area contributed by atoms with Crippen molar-refractivity contribution in [1.82, 2.24) is 4.90 Å². The highest BCUT2D eigenvalue weighted by atomic mass is 15.1. The van der Waals surface area contributed by atoms with Gasteiger partial charge in [0.15, 0.2) is 6.19 Å². The highest BCUT2D eigenvalue weighted by Crippen LogP contribution is 2.17. The van der Waals surface area contributed by atoms with Crippen LogP contribution < -0.4 is 0 Å². The highest BCUT2D eigenvalue weighted by molar-refractivity contribution is 4.84. The molecule has 1 saturated heterocycles. The van der Waals surface area contributed by atoms with Gasteiger partial charge in [0.2, 0.25) is 0 Å². The number of nitriles is 1. The summed E-state index contributed by atoms with van der Waals surface area (Å²) in [5, 5.41) is 8.67. The zero-order chi connectivity index (χ0) is 7.40. The molecule has 0 saturated carbocycles. The van der Waals surface area contributed by atoms with Gasteiger partial charge < -0.3 is 4.90 Å². The molecule has 0 aromatic rings. The molecule has 0 aromatic carbocycles. The Balaban J connectivity index is 2.44. The van der Waals surface area contributed by atoms with Gasteiger partial charge in [-0.3, -0.25) is 0 Å². The van der Waals surface area contributed by atoms with E-state index in [-0.39, 0.29) is 0 Å². The van der Waals surface area contributed by atoms with Crippen LogP contribution in [0.2, 0.25) is 0 Å². The van der Waals surface area contributed by atoms with Crippen molar-refractivity contribution < 1.29 is 0 Å². The van der Waals surface area contributed by atoms with Crippen LogP contribution in [0.4, 0.5) is 0 Å². The SMILES string of the molecule is CC[C@@H]1CCCCN1C#N. The molecule has 0 aliphatic carbocycles. The highest BCUT2D eigenvalue weighted by Gasteiger charge is 2.18. The number of hydrogen-bond donors (Lipinski definition) is 0.